The van der Waals surface area contributed by atoms with Gasteiger partial charge >= 0.3 is 11.9 Å². The van der Waals surface area contributed by atoms with E-state index in [2.05, 4.69) is 0 Å². The molecule has 5 heteroatoms. The summed E-state index contributed by atoms with van der Waals surface area (Å²) >= 11 is 0. The fourth-order valence-corrected chi connectivity index (χ4v) is 1.26. The van der Waals surface area contributed by atoms with Gasteiger partial charge in [0, 0.05) is 6.20 Å². The van der Waals surface area contributed by atoms with E-state index in [4.69, 9.17) is 10.2 Å². The lowest BCUT2D eigenvalue weighted by molar-refractivity contribution is -0.140. The summed E-state index contributed by atoms with van der Waals surface area (Å²) in [6, 6.07) is 9.24. The monoisotopic (exact) mass is 235 g/mol. The Morgan fingerprint density at radius 2 is 1.59 bits per heavy atom. The van der Waals surface area contributed by atoms with Crippen LogP contribution < -0.4 is 0 Å². The third-order valence-electron chi connectivity index (χ3n) is 1.95. The SMILES string of the molecule is O=C(O)CN(C=Cc1ccccc1)CC(=O)O. The van der Waals surface area contributed by atoms with Crippen molar-refractivity contribution in [2.24, 2.45) is 0 Å². The molecule has 1 aromatic rings. The minimum atomic E-state index is -1.07. The van der Waals surface area contributed by atoms with Gasteiger partial charge in [0.25, 0.3) is 0 Å². The van der Waals surface area contributed by atoms with Gasteiger partial charge in [-0.2, -0.15) is 0 Å². The van der Waals surface area contributed by atoms with E-state index < -0.39 is 11.9 Å². The maximum atomic E-state index is 10.5. The van der Waals surface area contributed by atoms with Crippen LogP contribution in [0.5, 0.6) is 0 Å². The Balaban J connectivity index is 2.68. The Morgan fingerprint density at radius 1 is 1.06 bits per heavy atom. The quantitative estimate of drug-likeness (QED) is 0.772. The first kappa shape index (κ1) is 12.8. The number of hydrogen-bond acceptors (Lipinski definition) is 3. The van der Waals surface area contributed by atoms with E-state index >= 15 is 0 Å². The summed E-state index contributed by atoms with van der Waals surface area (Å²) in [5, 5.41) is 17.3. The number of carbonyl (C=O) groups is 2. The van der Waals surface area contributed by atoms with Crippen LogP contribution in [-0.2, 0) is 9.59 Å². The van der Waals surface area contributed by atoms with E-state index in [1.165, 1.54) is 11.1 Å². The van der Waals surface area contributed by atoms with Crippen LogP contribution in [0, 0.1) is 0 Å². The highest BCUT2D eigenvalue weighted by Gasteiger charge is 2.08. The molecule has 0 aliphatic heterocycles. The van der Waals surface area contributed by atoms with Gasteiger partial charge in [0.1, 0.15) is 13.1 Å². The molecule has 0 unspecified atom stereocenters. The molecule has 1 rings (SSSR count). The van der Waals surface area contributed by atoms with Gasteiger partial charge in [-0.3, -0.25) is 9.59 Å². The molecular formula is C12H13NO4. The molecular weight excluding hydrogens is 222 g/mol. The maximum absolute atomic E-state index is 10.5. The van der Waals surface area contributed by atoms with Gasteiger partial charge in [-0.25, -0.2) is 0 Å². The van der Waals surface area contributed by atoms with Crippen molar-refractivity contribution in [1.29, 1.82) is 0 Å². The standard InChI is InChI=1S/C12H13NO4/c14-11(15)8-13(9-12(16)17)7-6-10-4-2-1-3-5-10/h1-7H,8-9H2,(H,14,15)(H,16,17). The van der Waals surface area contributed by atoms with Gasteiger partial charge in [0.15, 0.2) is 0 Å². The number of carboxylic acids is 2. The van der Waals surface area contributed by atoms with Crippen LogP contribution in [0.15, 0.2) is 36.5 Å². The number of aliphatic carboxylic acids is 2. The molecule has 0 radical (unpaired) electrons. The second-order valence-electron chi connectivity index (χ2n) is 3.42. The molecule has 17 heavy (non-hydrogen) atoms. The molecule has 0 spiro atoms. The number of rotatable bonds is 6. The first-order valence-corrected chi connectivity index (χ1v) is 4.99. The zero-order valence-electron chi connectivity index (χ0n) is 9.11. The Labute approximate surface area is 98.6 Å². The van der Waals surface area contributed by atoms with Crippen LogP contribution in [0.1, 0.15) is 5.56 Å². The molecule has 0 saturated carbocycles. The topological polar surface area (TPSA) is 77.8 Å². The van der Waals surface area contributed by atoms with Crippen molar-refractivity contribution < 1.29 is 19.8 Å². The average molecular weight is 235 g/mol. The predicted octanol–water partition coefficient (Wildman–Crippen LogP) is 1.13. The zero-order valence-corrected chi connectivity index (χ0v) is 9.11. The summed E-state index contributed by atoms with van der Waals surface area (Å²) in [4.78, 5) is 22.3. The molecule has 0 heterocycles. The molecule has 2 N–H and O–H groups in total. The summed E-state index contributed by atoms with van der Waals surface area (Å²) < 4.78 is 0. The molecule has 90 valence electrons. The van der Waals surface area contributed by atoms with E-state index in [-0.39, 0.29) is 13.1 Å². The molecule has 0 aliphatic carbocycles. The van der Waals surface area contributed by atoms with Crippen molar-refractivity contribution >= 4 is 18.0 Å². The van der Waals surface area contributed by atoms with Crippen LogP contribution in [0.2, 0.25) is 0 Å². The maximum Gasteiger partial charge on any atom is 0.323 e. The second-order valence-corrected chi connectivity index (χ2v) is 3.42. The average Bonchev–Trinajstić information content (AvgIpc) is 2.26. The van der Waals surface area contributed by atoms with E-state index in [0.29, 0.717) is 0 Å². The number of nitrogens with zero attached hydrogens (tertiary/aromatic N) is 1. The van der Waals surface area contributed by atoms with Crippen LogP contribution >= 0.6 is 0 Å². The molecule has 0 fully saturated rings. The highest BCUT2D eigenvalue weighted by atomic mass is 16.4. The van der Waals surface area contributed by atoms with Crippen LogP contribution in [0.25, 0.3) is 6.08 Å². The Kier molecular flexibility index (Phi) is 4.75. The largest absolute Gasteiger partial charge is 0.480 e. The zero-order chi connectivity index (χ0) is 12.7. The number of benzene rings is 1. The summed E-state index contributed by atoms with van der Waals surface area (Å²) in [6.07, 6.45) is 3.14. The molecule has 0 atom stereocenters. The highest BCUT2D eigenvalue weighted by molar-refractivity contribution is 5.73. The van der Waals surface area contributed by atoms with Crippen LogP contribution in [-0.4, -0.2) is 40.1 Å². The van der Waals surface area contributed by atoms with Crippen molar-refractivity contribution in [3.63, 3.8) is 0 Å². The third kappa shape index (κ3) is 5.36. The second kappa shape index (κ2) is 6.32. The van der Waals surface area contributed by atoms with Gasteiger partial charge in [-0.05, 0) is 11.6 Å². The summed E-state index contributed by atoms with van der Waals surface area (Å²) in [5.74, 6) is -2.13. The summed E-state index contributed by atoms with van der Waals surface area (Å²) in [7, 11) is 0. The lowest BCUT2D eigenvalue weighted by atomic mass is 10.2. The van der Waals surface area contributed by atoms with Crippen molar-refractivity contribution in [1.82, 2.24) is 4.90 Å². The van der Waals surface area contributed by atoms with Gasteiger partial charge in [0.2, 0.25) is 0 Å². The third-order valence-corrected chi connectivity index (χ3v) is 1.95. The van der Waals surface area contributed by atoms with Gasteiger partial charge < -0.3 is 15.1 Å². The number of carboxylic acid groups (broad SMARTS) is 2. The molecule has 0 saturated heterocycles. The lowest BCUT2D eigenvalue weighted by Gasteiger charge is -2.14. The smallest absolute Gasteiger partial charge is 0.323 e. The van der Waals surface area contributed by atoms with Gasteiger partial charge in [-0.15, -0.1) is 0 Å². The summed E-state index contributed by atoms with van der Waals surface area (Å²) in [6.45, 7) is -0.675. The molecule has 0 amide bonds. The lowest BCUT2D eigenvalue weighted by Crippen LogP contribution is -2.29. The van der Waals surface area contributed by atoms with Crippen molar-refractivity contribution in [2.75, 3.05) is 13.1 Å². The number of hydrogen-bond donors (Lipinski definition) is 2. The van der Waals surface area contributed by atoms with Gasteiger partial charge in [-0.1, -0.05) is 30.3 Å². The van der Waals surface area contributed by atoms with E-state index in [9.17, 15) is 9.59 Å². The van der Waals surface area contributed by atoms with E-state index in [1.807, 2.05) is 30.3 Å². The van der Waals surface area contributed by atoms with Crippen molar-refractivity contribution in [3.8, 4) is 0 Å². The Morgan fingerprint density at radius 3 is 2.06 bits per heavy atom. The van der Waals surface area contributed by atoms with Gasteiger partial charge in [0.05, 0.1) is 0 Å². The van der Waals surface area contributed by atoms with Crippen molar-refractivity contribution in [3.05, 3.63) is 42.1 Å². The minimum Gasteiger partial charge on any atom is -0.480 e. The fourth-order valence-electron chi connectivity index (χ4n) is 1.26. The van der Waals surface area contributed by atoms with E-state index in [0.717, 1.165) is 5.56 Å². The molecule has 0 bridgehead atoms. The first-order valence-electron chi connectivity index (χ1n) is 4.99. The fraction of sp³-hybridized carbons (Fsp3) is 0.167. The molecule has 0 aromatic heterocycles. The van der Waals surface area contributed by atoms with Crippen LogP contribution in [0.4, 0.5) is 0 Å². The Hall–Kier alpha value is -2.30. The molecule has 5 nitrogen and oxygen atoms in total. The predicted molar refractivity (Wildman–Crippen MR) is 62.3 cm³/mol. The molecule has 0 aliphatic rings. The van der Waals surface area contributed by atoms with E-state index in [1.54, 1.807) is 6.08 Å². The Bertz CT molecular complexity index is 398. The molecule has 1 aromatic carbocycles. The van der Waals surface area contributed by atoms with Crippen LogP contribution in [0.3, 0.4) is 0 Å². The minimum absolute atomic E-state index is 0.338. The van der Waals surface area contributed by atoms with Crippen molar-refractivity contribution in [2.45, 2.75) is 0 Å². The normalized spacial score (nSPS) is 10.4. The highest BCUT2D eigenvalue weighted by Crippen LogP contribution is 2.02. The first-order chi connectivity index (χ1) is 8.08. The summed E-state index contributed by atoms with van der Waals surface area (Å²) in [5.41, 5.74) is 0.883.